The lowest BCUT2D eigenvalue weighted by molar-refractivity contribution is -0.384. The molecule has 2 aromatic carbocycles. The van der Waals surface area contributed by atoms with Gasteiger partial charge in [0.05, 0.1) is 11.2 Å². The molecular formula is C21H16N2O4. The van der Waals surface area contributed by atoms with Gasteiger partial charge in [-0.05, 0) is 30.2 Å². The molecule has 0 saturated carbocycles. The zero-order chi connectivity index (χ0) is 18.8. The summed E-state index contributed by atoms with van der Waals surface area (Å²) >= 11 is 0. The van der Waals surface area contributed by atoms with Gasteiger partial charge in [-0.15, -0.1) is 0 Å². The van der Waals surface area contributed by atoms with E-state index in [2.05, 4.69) is 4.98 Å². The Morgan fingerprint density at radius 1 is 1.11 bits per heavy atom. The van der Waals surface area contributed by atoms with Crippen LogP contribution in [0.5, 0.6) is 5.75 Å². The Balaban J connectivity index is 1.80. The van der Waals surface area contributed by atoms with E-state index in [4.69, 9.17) is 4.42 Å². The van der Waals surface area contributed by atoms with Gasteiger partial charge >= 0.3 is 0 Å². The first-order valence-corrected chi connectivity index (χ1v) is 8.47. The number of hydrogen-bond donors (Lipinski definition) is 1. The minimum absolute atomic E-state index is 0.0371. The fourth-order valence-corrected chi connectivity index (χ4v) is 3.31. The molecule has 1 N–H and O–H groups in total. The summed E-state index contributed by atoms with van der Waals surface area (Å²) in [6.07, 6.45) is 3.65. The number of rotatable bonds is 5. The van der Waals surface area contributed by atoms with Crippen LogP contribution in [0.1, 0.15) is 22.8 Å². The maximum Gasteiger partial charge on any atom is 0.269 e. The minimum atomic E-state index is -0.414. The third kappa shape index (κ3) is 3.25. The number of hydrogen-bond acceptors (Lipinski definition) is 5. The second-order valence-electron chi connectivity index (χ2n) is 6.28. The van der Waals surface area contributed by atoms with Crippen molar-refractivity contribution < 1.29 is 14.4 Å². The van der Waals surface area contributed by atoms with Crippen LogP contribution in [0.25, 0.3) is 10.9 Å². The number of nitro benzene ring substituents is 1. The van der Waals surface area contributed by atoms with Crippen molar-refractivity contribution in [3.63, 3.8) is 0 Å². The van der Waals surface area contributed by atoms with Crippen LogP contribution in [0.3, 0.4) is 0 Å². The van der Waals surface area contributed by atoms with E-state index >= 15 is 0 Å². The van der Waals surface area contributed by atoms with E-state index in [1.54, 1.807) is 30.7 Å². The number of non-ortho nitro benzene ring substituents is 1. The highest BCUT2D eigenvalue weighted by Gasteiger charge is 2.23. The fraction of sp³-hybridized carbons (Fsp3) is 0.0952. The summed E-state index contributed by atoms with van der Waals surface area (Å²) in [5, 5.41) is 22.7. The van der Waals surface area contributed by atoms with E-state index in [0.717, 1.165) is 10.9 Å². The predicted molar refractivity (Wildman–Crippen MR) is 101 cm³/mol. The van der Waals surface area contributed by atoms with Gasteiger partial charge < -0.3 is 9.52 Å². The Labute approximate surface area is 154 Å². The van der Waals surface area contributed by atoms with Crippen molar-refractivity contribution in [3.05, 3.63) is 100 Å². The van der Waals surface area contributed by atoms with Crippen molar-refractivity contribution >= 4 is 16.6 Å². The summed E-state index contributed by atoms with van der Waals surface area (Å²) in [6, 6.07) is 17.6. The van der Waals surface area contributed by atoms with Gasteiger partial charge in [0.25, 0.3) is 5.69 Å². The van der Waals surface area contributed by atoms with Gasteiger partial charge in [0.2, 0.25) is 0 Å². The van der Waals surface area contributed by atoms with Crippen LogP contribution >= 0.6 is 0 Å². The van der Waals surface area contributed by atoms with E-state index in [0.29, 0.717) is 23.3 Å². The van der Waals surface area contributed by atoms with E-state index in [9.17, 15) is 15.2 Å². The number of furan rings is 1. The monoisotopic (exact) mass is 360 g/mol. The first-order chi connectivity index (χ1) is 13.1. The maximum atomic E-state index is 11.1. The molecule has 0 spiro atoms. The van der Waals surface area contributed by atoms with Crippen molar-refractivity contribution in [2.24, 2.45) is 0 Å². The maximum absolute atomic E-state index is 11.1. The highest BCUT2D eigenvalue weighted by atomic mass is 16.6. The SMILES string of the molecule is O=[N+]([O-])c1cccc(CC(c2ccco2)c2ccc3cccnc3c2O)c1. The third-order valence-electron chi connectivity index (χ3n) is 4.60. The van der Waals surface area contributed by atoms with Gasteiger partial charge in [0.15, 0.2) is 0 Å². The van der Waals surface area contributed by atoms with Crippen LogP contribution in [0.15, 0.2) is 77.5 Å². The van der Waals surface area contributed by atoms with Crippen LogP contribution in [0, 0.1) is 10.1 Å². The summed E-state index contributed by atoms with van der Waals surface area (Å²) in [5.74, 6) is 0.473. The highest BCUT2D eigenvalue weighted by molar-refractivity contribution is 5.85. The summed E-state index contributed by atoms with van der Waals surface area (Å²) < 4.78 is 5.60. The zero-order valence-corrected chi connectivity index (χ0v) is 14.3. The molecule has 134 valence electrons. The van der Waals surface area contributed by atoms with Crippen molar-refractivity contribution in [1.29, 1.82) is 0 Å². The molecule has 4 rings (SSSR count). The number of aromatic nitrogens is 1. The van der Waals surface area contributed by atoms with Crippen LogP contribution in [-0.2, 0) is 6.42 Å². The van der Waals surface area contributed by atoms with Crippen LogP contribution in [0.4, 0.5) is 5.69 Å². The fourth-order valence-electron chi connectivity index (χ4n) is 3.31. The molecule has 1 atom stereocenters. The normalized spacial score (nSPS) is 12.1. The topological polar surface area (TPSA) is 89.4 Å². The number of phenols is 1. The molecule has 2 aromatic heterocycles. The third-order valence-corrected chi connectivity index (χ3v) is 4.60. The first-order valence-electron chi connectivity index (χ1n) is 8.47. The molecule has 0 fully saturated rings. The van der Waals surface area contributed by atoms with Crippen LogP contribution in [-0.4, -0.2) is 15.0 Å². The van der Waals surface area contributed by atoms with Crippen molar-refractivity contribution in [2.75, 3.05) is 0 Å². The molecule has 6 nitrogen and oxygen atoms in total. The summed E-state index contributed by atoms with van der Waals surface area (Å²) in [4.78, 5) is 14.9. The molecule has 0 aliphatic carbocycles. The van der Waals surface area contributed by atoms with E-state index in [-0.39, 0.29) is 17.4 Å². The molecule has 0 radical (unpaired) electrons. The highest BCUT2D eigenvalue weighted by Crippen LogP contribution is 2.38. The minimum Gasteiger partial charge on any atom is -0.505 e. The Kier molecular flexibility index (Phi) is 4.30. The molecule has 0 aliphatic rings. The first kappa shape index (κ1) is 16.8. The van der Waals surface area contributed by atoms with Gasteiger partial charge in [-0.25, -0.2) is 0 Å². The molecule has 2 heterocycles. The van der Waals surface area contributed by atoms with Crippen LogP contribution in [0.2, 0.25) is 0 Å². The second kappa shape index (κ2) is 6.92. The van der Waals surface area contributed by atoms with Gasteiger partial charge in [0.1, 0.15) is 17.0 Å². The largest absolute Gasteiger partial charge is 0.505 e. The number of aromatic hydroxyl groups is 1. The molecule has 0 amide bonds. The molecular weight excluding hydrogens is 344 g/mol. The van der Waals surface area contributed by atoms with Crippen molar-refractivity contribution in [2.45, 2.75) is 12.3 Å². The summed E-state index contributed by atoms with van der Waals surface area (Å²) in [5.41, 5.74) is 2.01. The molecule has 0 saturated heterocycles. The summed E-state index contributed by atoms with van der Waals surface area (Å²) in [7, 11) is 0. The Hall–Kier alpha value is -3.67. The van der Waals surface area contributed by atoms with Gasteiger partial charge in [-0.2, -0.15) is 0 Å². The lowest BCUT2D eigenvalue weighted by Gasteiger charge is -2.17. The smallest absolute Gasteiger partial charge is 0.269 e. The van der Waals surface area contributed by atoms with E-state index in [1.807, 2.05) is 36.4 Å². The number of nitro groups is 1. The Morgan fingerprint density at radius 3 is 2.78 bits per heavy atom. The van der Waals surface area contributed by atoms with E-state index in [1.165, 1.54) is 6.07 Å². The number of benzene rings is 2. The Morgan fingerprint density at radius 2 is 2.00 bits per heavy atom. The van der Waals surface area contributed by atoms with Crippen LogP contribution < -0.4 is 0 Å². The van der Waals surface area contributed by atoms with E-state index < -0.39 is 4.92 Å². The number of pyridine rings is 1. The molecule has 6 heteroatoms. The quantitative estimate of drug-likeness (QED) is 0.407. The summed E-state index contributed by atoms with van der Waals surface area (Å²) in [6.45, 7) is 0. The molecule has 4 aromatic rings. The standard InChI is InChI=1S/C21H16N2O4/c24-21-17(9-8-15-5-2-10-22-20(15)21)18(19-7-3-11-27-19)13-14-4-1-6-16(12-14)23(25)26/h1-12,18,24H,13H2. The van der Waals surface area contributed by atoms with Gasteiger partial charge in [0, 0.05) is 35.2 Å². The molecule has 1 unspecified atom stereocenters. The Bertz CT molecular complexity index is 1110. The second-order valence-corrected chi connectivity index (χ2v) is 6.28. The van der Waals surface area contributed by atoms with Crippen molar-refractivity contribution in [1.82, 2.24) is 4.98 Å². The average Bonchev–Trinajstić information content (AvgIpc) is 3.22. The molecule has 27 heavy (non-hydrogen) atoms. The van der Waals surface area contributed by atoms with Gasteiger partial charge in [-0.1, -0.05) is 30.3 Å². The predicted octanol–water partition coefficient (Wildman–Crippen LogP) is 4.82. The molecule has 0 aliphatic heterocycles. The number of fused-ring (bicyclic) bond motifs is 1. The number of nitrogens with zero attached hydrogens (tertiary/aromatic N) is 2. The zero-order valence-electron chi connectivity index (χ0n) is 14.3. The van der Waals surface area contributed by atoms with Gasteiger partial charge in [-0.3, -0.25) is 15.1 Å². The lowest BCUT2D eigenvalue weighted by atomic mass is 9.88. The molecule has 0 bridgehead atoms. The van der Waals surface area contributed by atoms with Crippen molar-refractivity contribution in [3.8, 4) is 5.75 Å². The average molecular weight is 360 g/mol. The number of phenolic OH excluding ortho intramolecular Hbond substituents is 1. The lowest BCUT2D eigenvalue weighted by Crippen LogP contribution is -2.05.